The summed E-state index contributed by atoms with van der Waals surface area (Å²) in [5.41, 5.74) is 6.34. The van der Waals surface area contributed by atoms with Crippen LogP contribution >= 0.6 is 0 Å². The Bertz CT molecular complexity index is 369. The van der Waals surface area contributed by atoms with Crippen LogP contribution in [0.25, 0.3) is 0 Å². The third kappa shape index (κ3) is 3.84. The molecule has 1 aliphatic rings. The average molecular weight is 279 g/mol. The largest absolute Gasteiger partial charge is 0.468 e. The van der Waals surface area contributed by atoms with Gasteiger partial charge in [0, 0.05) is 12.6 Å². The summed E-state index contributed by atoms with van der Waals surface area (Å²) < 4.78 is 5.63. The second-order valence-corrected chi connectivity index (χ2v) is 6.27. The first-order valence-corrected chi connectivity index (χ1v) is 7.79. The smallest absolute Gasteiger partial charge is 0.122 e. The molecule has 4 nitrogen and oxygen atoms in total. The molecule has 20 heavy (non-hydrogen) atoms. The van der Waals surface area contributed by atoms with Crippen molar-refractivity contribution < 1.29 is 4.42 Å². The Kier molecular flexibility index (Phi) is 5.64. The van der Waals surface area contributed by atoms with E-state index in [-0.39, 0.29) is 12.1 Å². The van der Waals surface area contributed by atoms with E-state index in [2.05, 4.69) is 36.9 Å². The summed E-state index contributed by atoms with van der Waals surface area (Å²) in [4.78, 5) is 4.81. The molecule has 0 radical (unpaired) electrons. The predicted molar refractivity (Wildman–Crippen MR) is 82.6 cm³/mol. The predicted octanol–water partition coefficient (Wildman–Crippen LogP) is 2.33. The molecular formula is C16H29N3O. The zero-order valence-corrected chi connectivity index (χ0v) is 13.1. The number of rotatable bonds is 6. The van der Waals surface area contributed by atoms with Crippen molar-refractivity contribution >= 4 is 0 Å². The van der Waals surface area contributed by atoms with Gasteiger partial charge in [-0.2, -0.15) is 0 Å². The molecule has 4 heteroatoms. The zero-order chi connectivity index (χ0) is 14.5. The molecule has 1 fully saturated rings. The van der Waals surface area contributed by atoms with Gasteiger partial charge in [-0.3, -0.25) is 4.90 Å². The van der Waals surface area contributed by atoms with Crippen LogP contribution in [0.5, 0.6) is 0 Å². The van der Waals surface area contributed by atoms with E-state index in [4.69, 9.17) is 10.2 Å². The minimum atomic E-state index is 0.145. The van der Waals surface area contributed by atoms with Crippen molar-refractivity contribution in [1.29, 1.82) is 0 Å². The zero-order valence-electron chi connectivity index (χ0n) is 13.1. The highest BCUT2D eigenvalue weighted by Crippen LogP contribution is 2.30. The Morgan fingerprint density at radius 2 is 2.10 bits per heavy atom. The molecule has 0 aromatic carbocycles. The van der Waals surface area contributed by atoms with Gasteiger partial charge in [0.15, 0.2) is 0 Å². The lowest BCUT2D eigenvalue weighted by Crippen LogP contribution is -2.45. The maximum Gasteiger partial charge on any atom is 0.122 e. The summed E-state index contributed by atoms with van der Waals surface area (Å²) in [5.74, 6) is 1.83. The van der Waals surface area contributed by atoms with Gasteiger partial charge in [-0.25, -0.2) is 0 Å². The van der Waals surface area contributed by atoms with Crippen molar-refractivity contribution in [3.8, 4) is 0 Å². The average Bonchev–Trinajstić information content (AvgIpc) is 2.94. The first-order valence-electron chi connectivity index (χ1n) is 7.79. The van der Waals surface area contributed by atoms with E-state index in [9.17, 15) is 0 Å². The number of furan rings is 1. The fourth-order valence-corrected chi connectivity index (χ4v) is 3.27. The van der Waals surface area contributed by atoms with Crippen LogP contribution in [0.3, 0.4) is 0 Å². The van der Waals surface area contributed by atoms with Gasteiger partial charge in [-0.05, 0) is 64.5 Å². The van der Waals surface area contributed by atoms with Crippen molar-refractivity contribution in [1.82, 2.24) is 9.80 Å². The van der Waals surface area contributed by atoms with Crippen molar-refractivity contribution in [2.24, 2.45) is 11.7 Å². The van der Waals surface area contributed by atoms with Gasteiger partial charge in [0.2, 0.25) is 0 Å². The van der Waals surface area contributed by atoms with E-state index >= 15 is 0 Å². The summed E-state index contributed by atoms with van der Waals surface area (Å²) in [7, 11) is 4.32. The van der Waals surface area contributed by atoms with Crippen LogP contribution in [-0.4, -0.2) is 49.6 Å². The highest BCUT2D eigenvalue weighted by Gasteiger charge is 2.31. The minimum absolute atomic E-state index is 0.145. The number of likely N-dealkylation sites (tertiary alicyclic amines) is 1. The van der Waals surface area contributed by atoms with Gasteiger partial charge < -0.3 is 15.1 Å². The van der Waals surface area contributed by atoms with Gasteiger partial charge in [-0.15, -0.1) is 0 Å². The molecule has 1 saturated heterocycles. The topological polar surface area (TPSA) is 45.6 Å². The van der Waals surface area contributed by atoms with Crippen LogP contribution in [0.15, 0.2) is 22.8 Å². The number of hydrogen-bond donors (Lipinski definition) is 1. The van der Waals surface area contributed by atoms with Gasteiger partial charge in [-0.1, -0.05) is 6.92 Å². The molecule has 1 aromatic heterocycles. The molecule has 0 spiro atoms. The molecule has 2 N–H and O–H groups in total. The SMILES string of the molecule is CCC(N)C(c1ccco1)N1CCC(CN(C)C)CC1. The fraction of sp³-hybridized carbons (Fsp3) is 0.750. The van der Waals surface area contributed by atoms with Crippen molar-refractivity contribution in [3.05, 3.63) is 24.2 Å². The Morgan fingerprint density at radius 3 is 2.60 bits per heavy atom. The normalized spacial score (nSPS) is 21.2. The summed E-state index contributed by atoms with van der Waals surface area (Å²) in [6, 6.07) is 4.40. The quantitative estimate of drug-likeness (QED) is 0.868. The second kappa shape index (κ2) is 7.25. The lowest BCUT2D eigenvalue weighted by Gasteiger charge is -2.39. The summed E-state index contributed by atoms with van der Waals surface area (Å²) in [5, 5.41) is 0. The standard InChI is InChI=1S/C16H29N3O/c1-4-14(17)16(15-6-5-11-20-15)19-9-7-13(8-10-19)12-18(2)3/h5-6,11,13-14,16H,4,7-10,12,17H2,1-3H3. The number of nitrogens with zero attached hydrogens (tertiary/aromatic N) is 2. The van der Waals surface area contributed by atoms with Gasteiger partial charge in [0.1, 0.15) is 5.76 Å². The van der Waals surface area contributed by atoms with Crippen LogP contribution in [0.4, 0.5) is 0 Å². The lowest BCUT2D eigenvalue weighted by molar-refractivity contribution is 0.0920. The number of piperidine rings is 1. The Labute approximate surface area is 122 Å². The lowest BCUT2D eigenvalue weighted by atomic mass is 9.93. The maximum absolute atomic E-state index is 6.34. The fourth-order valence-electron chi connectivity index (χ4n) is 3.27. The second-order valence-electron chi connectivity index (χ2n) is 6.27. The Balaban J connectivity index is 1.98. The molecule has 1 aliphatic heterocycles. The number of hydrogen-bond acceptors (Lipinski definition) is 4. The van der Waals surface area contributed by atoms with Crippen LogP contribution in [-0.2, 0) is 0 Å². The molecule has 0 aliphatic carbocycles. The Morgan fingerprint density at radius 1 is 1.40 bits per heavy atom. The van der Waals surface area contributed by atoms with Crippen LogP contribution in [0, 0.1) is 5.92 Å². The van der Waals surface area contributed by atoms with Crippen LogP contribution in [0.1, 0.15) is 38.0 Å². The summed E-state index contributed by atoms with van der Waals surface area (Å²) in [6.45, 7) is 5.59. The molecule has 0 bridgehead atoms. The molecular weight excluding hydrogens is 250 g/mol. The monoisotopic (exact) mass is 279 g/mol. The number of nitrogens with two attached hydrogens (primary N) is 1. The Hall–Kier alpha value is -0.840. The van der Waals surface area contributed by atoms with Crippen LogP contribution in [0.2, 0.25) is 0 Å². The third-order valence-corrected chi connectivity index (χ3v) is 4.38. The van der Waals surface area contributed by atoms with Crippen molar-refractivity contribution in [2.75, 3.05) is 33.7 Å². The molecule has 2 unspecified atom stereocenters. The van der Waals surface area contributed by atoms with E-state index in [0.29, 0.717) is 0 Å². The summed E-state index contributed by atoms with van der Waals surface area (Å²) >= 11 is 0. The van der Waals surface area contributed by atoms with E-state index in [0.717, 1.165) is 31.2 Å². The van der Waals surface area contributed by atoms with Crippen molar-refractivity contribution in [2.45, 2.75) is 38.3 Å². The molecule has 0 saturated carbocycles. The highest BCUT2D eigenvalue weighted by atomic mass is 16.3. The van der Waals surface area contributed by atoms with E-state index in [1.54, 1.807) is 6.26 Å². The molecule has 0 amide bonds. The first kappa shape index (κ1) is 15.5. The van der Waals surface area contributed by atoms with E-state index < -0.39 is 0 Å². The van der Waals surface area contributed by atoms with Gasteiger partial charge in [0.25, 0.3) is 0 Å². The molecule has 2 atom stereocenters. The molecule has 114 valence electrons. The van der Waals surface area contributed by atoms with Gasteiger partial charge in [0.05, 0.1) is 12.3 Å². The highest BCUT2D eigenvalue weighted by molar-refractivity contribution is 5.08. The maximum atomic E-state index is 6.34. The van der Waals surface area contributed by atoms with E-state index in [1.807, 2.05) is 6.07 Å². The molecule has 1 aromatic rings. The summed E-state index contributed by atoms with van der Waals surface area (Å²) in [6.07, 6.45) is 5.24. The van der Waals surface area contributed by atoms with Gasteiger partial charge >= 0.3 is 0 Å². The third-order valence-electron chi connectivity index (χ3n) is 4.38. The molecule has 2 rings (SSSR count). The minimum Gasteiger partial charge on any atom is -0.468 e. The van der Waals surface area contributed by atoms with Crippen molar-refractivity contribution in [3.63, 3.8) is 0 Å². The first-order chi connectivity index (χ1) is 9.61. The van der Waals surface area contributed by atoms with E-state index in [1.165, 1.54) is 19.4 Å². The molecule has 2 heterocycles. The van der Waals surface area contributed by atoms with Crippen LogP contribution < -0.4 is 5.73 Å².